The van der Waals surface area contributed by atoms with E-state index in [1.807, 2.05) is 20.8 Å². The molecular weight excluding hydrogens is 447 g/mol. The lowest BCUT2D eigenvalue weighted by atomic mass is 10.1. The van der Waals surface area contributed by atoms with Crippen LogP contribution in [0.3, 0.4) is 0 Å². The summed E-state index contributed by atoms with van der Waals surface area (Å²) in [6, 6.07) is 0. The average molecular weight is 480 g/mol. The van der Waals surface area contributed by atoms with Gasteiger partial charge in [-0.15, -0.1) is 0 Å². The van der Waals surface area contributed by atoms with Crippen molar-refractivity contribution in [3.05, 3.63) is 0 Å². The van der Waals surface area contributed by atoms with Crippen molar-refractivity contribution in [3.8, 4) is 0 Å². The Morgan fingerprint density at radius 3 is 2.69 bits per heavy atom. The summed E-state index contributed by atoms with van der Waals surface area (Å²) in [6.45, 7) is 9.77. The minimum atomic E-state index is -0.460. The maximum atomic E-state index is 12.0. The summed E-state index contributed by atoms with van der Waals surface area (Å²) in [5.74, 6) is 0.401. The molecule has 0 aromatic rings. The molecule has 0 N–H and O–H groups in total. The van der Waals surface area contributed by atoms with Gasteiger partial charge in [0.2, 0.25) is 0 Å². The second-order valence-corrected chi connectivity index (χ2v) is 9.33. The monoisotopic (exact) mass is 480 g/mol. The standard InChI is InChI=1S/C18H33IN4O3/c1-18(2,3)26-17(24)22(5)10-9-21(4)12-14-13-23(20-16(14)19)15-8-6-7-11-25-15/h14-15H,6-13H2,1-5H3. The second kappa shape index (κ2) is 9.54. The van der Waals surface area contributed by atoms with E-state index >= 15 is 0 Å². The highest BCUT2D eigenvalue weighted by molar-refractivity contribution is 14.1. The van der Waals surface area contributed by atoms with Gasteiger partial charge in [0.15, 0.2) is 0 Å². The van der Waals surface area contributed by atoms with Gasteiger partial charge in [-0.1, -0.05) is 0 Å². The third-order valence-corrected chi connectivity index (χ3v) is 5.61. The number of carbonyl (C=O) groups excluding carboxylic acids is 1. The molecule has 0 radical (unpaired) electrons. The van der Waals surface area contributed by atoms with E-state index in [-0.39, 0.29) is 12.3 Å². The summed E-state index contributed by atoms with van der Waals surface area (Å²) in [4.78, 5) is 15.9. The number of halogens is 1. The Bertz CT molecular complexity index is 503. The zero-order chi connectivity index (χ0) is 19.3. The molecule has 2 aliphatic rings. The van der Waals surface area contributed by atoms with E-state index in [4.69, 9.17) is 14.6 Å². The molecule has 0 aromatic heterocycles. The highest BCUT2D eigenvalue weighted by Crippen LogP contribution is 2.25. The van der Waals surface area contributed by atoms with E-state index in [1.165, 1.54) is 6.42 Å². The number of carbonyl (C=O) groups is 1. The Hall–Kier alpha value is -0.610. The molecule has 0 spiro atoms. The molecule has 2 unspecified atom stereocenters. The molecule has 0 aromatic carbocycles. The van der Waals surface area contributed by atoms with Crippen molar-refractivity contribution >= 4 is 32.4 Å². The topological polar surface area (TPSA) is 57.6 Å². The largest absolute Gasteiger partial charge is 0.444 e. The van der Waals surface area contributed by atoms with Crippen molar-refractivity contribution in [2.24, 2.45) is 11.0 Å². The predicted octanol–water partition coefficient (Wildman–Crippen LogP) is 2.99. The Balaban J connectivity index is 1.73. The predicted molar refractivity (Wildman–Crippen MR) is 112 cm³/mol. The van der Waals surface area contributed by atoms with E-state index in [0.29, 0.717) is 12.5 Å². The number of nitrogens with zero attached hydrogens (tertiary/aromatic N) is 4. The van der Waals surface area contributed by atoms with Crippen LogP contribution in [0.15, 0.2) is 5.10 Å². The number of likely N-dealkylation sites (N-methyl/N-ethyl adjacent to an activating group) is 2. The van der Waals surface area contributed by atoms with Gasteiger partial charge in [0.1, 0.15) is 15.5 Å². The van der Waals surface area contributed by atoms with Crippen LogP contribution in [0.25, 0.3) is 0 Å². The summed E-state index contributed by atoms with van der Waals surface area (Å²) in [7, 11) is 3.87. The van der Waals surface area contributed by atoms with Gasteiger partial charge in [-0.05, 0) is 69.7 Å². The highest BCUT2D eigenvalue weighted by atomic mass is 127. The molecule has 1 amide bonds. The van der Waals surface area contributed by atoms with Crippen LogP contribution < -0.4 is 0 Å². The number of amides is 1. The van der Waals surface area contributed by atoms with Gasteiger partial charge >= 0.3 is 6.09 Å². The normalized spacial score (nSPS) is 24.0. The van der Waals surface area contributed by atoms with Crippen molar-refractivity contribution in [1.29, 1.82) is 0 Å². The summed E-state index contributed by atoms with van der Waals surface area (Å²) in [6.07, 6.45) is 3.30. The van der Waals surface area contributed by atoms with Gasteiger partial charge in [-0.25, -0.2) is 4.79 Å². The molecule has 0 aliphatic carbocycles. The van der Waals surface area contributed by atoms with Crippen LogP contribution in [0.1, 0.15) is 40.0 Å². The quantitative estimate of drug-likeness (QED) is 0.548. The summed E-state index contributed by atoms with van der Waals surface area (Å²) >= 11 is 2.35. The van der Waals surface area contributed by atoms with E-state index in [2.05, 4.69) is 39.5 Å². The van der Waals surface area contributed by atoms with Crippen LogP contribution in [0.5, 0.6) is 0 Å². The van der Waals surface area contributed by atoms with Crippen LogP contribution in [-0.4, -0.2) is 83.3 Å². The third-order valence-electron chi connectivity index (χ3n) is 4.51. The summed E-state index contributed by atoms with van der Waals surface area (Å²) in [5.41, 5.74) is -0.460. The lowest BCUT2D eigenvalue weighted by Gasteiger charge is -2.30. The molecule has 2 aliphatic heterocycles. The molecule has 0 bridgehead atoms. The molecule has 2 heterocycles. The first-order valence-corrected chi connectivity index (χ1v) is 10.5. The molecule has 2 rings (SSSR count). The SMILES string of the molecule is CN(CCN(C)C(=O)OC(C)(C)C)CC1CN(C2CCCCO2)N=C1I. The maximum absolute atomic E-state index is 12.0. The van der Waals surface area contributed by atoms with Crippen LogP contribution in [0.2, 0.25) is 0 Å². The molecule has 26 heavy (non-hydrogen) atoms. The first kappa shape index (κ1) is 21.7. The molecule has 0 saturated carbocycles. The Morgan fingerprint density at radius 2 is 2.08 bits per heavy atom. The number of ether oxygens (including phenoxy) is 2. The number of hydrazone groups is 1. The number of hydrogen-bond acceptors (Lipinski definition) is 6. The van der Waals surface area contributed by atoms with Crippen molar-refractivity contribution < 1.29 is 14.3 Å². The van der Waals surface area contributed by atoms with E-state index in [0.717, 1.165) is 42.8 Å². The fourth-order valence-corrected chi connectivity index (χ4v) is 3.71. The summed E-state index contributed by atoms with van der Waals surface area (Å²) < 4.78 is 12.4. The maximum Gasteiger partial charge on any atom is 0.410 e. The summed E-state index contributed by atoms with van der Waals surface area (Å²) in [5, 5.41) is 6.83. The van der Waals surface area contributed by atoms with Gasteiger partial charge in [-0.2, -0.15) is 5.10 Å². The van der Waals surface area contributed by atoms with Gasteiger partial charge in [0.25, 0.3) is 0 Å². The average Bonchev–Trinajstić information content (AvgIpc) is 2.92. The number of rotatable bonds is 6. The van der Waals surface area contributed by atoms with Gasteiger partial charge in [-0.3, -0.25) is 5.01 Å². The van der Waals surface area contributed by atoms with Gasteiger partial charge < -0.3 is 19.3 Å². The Kier molecular flexibility index (Phi) is 7.96. The second-order valence-electron chi connectivity index (χ2n) is 8.23. The third kappa shape index (κ3) is 6.84. The van der Waals surface area contributed by atoms with E-state index < -0.39 is 5.60 Å². The minimum Gasteiger partial charge on any atom is -0.444 e. The lowest BCUT2D eigenvalue weighted by Crippen LogP contribution is -2.41. The van der Waals surface area contributed by atoms with Crippen molar-refractivity contribution in [1.82, 2.24) is 14.8 Å². The lowest BCUT2D eigenvalue weighted by molar-refractivity contribution is -0.0835. The van der Waals surface area contributed by atoms with Crippen LogP contribution in [0.4, 0.5) is 4.79 Å². The zero-order valence-corrected chi connectivity index (χ0v) is 18.9. The van der Waals surface area contributed by atoms with Crippen LogP contribution in [-0.2, 0) is 9.47 Å². The highest BCUT2D eigenvalue weighted by Gasteiger charge is 2.31. The molecular formula is C18H33IN4O3. The zero-order valence-electron chi connectivity index (χ0n) is 16.7. The van der Waals surface area contributed by atoms with E-state index in [9.17, 15) is 4.79 Å². The smallest absolute Gasteiger partial charge is 0.410 e. The van der Waals surface area contributed by atoms with Crippen LogP contribution >= 0.6 is 22.6 Å². The molecule has 7 nitrogen and oxygen atoms in total. The van der Waals surface area contributed by atoms with Crippen LogP contribution in [0, 0.1) is 5.92 Å². The van der Waals surface area contributed by atoms with Gasteiger partial charge in [0, 0.05) is 45.8 Å². The van der Waals surface area contributed by atoms with Crippen molar-refractivity contribution in [2.75, 3.05) is 46.9 Å². The fraction of sp³-hybridized carbons (Fsp3) is 0.889. The molecule has 2 atom stereocenters. The fourth-order valence-electron chi connectivity index (χ4n) is 3.04. The Labute approximate surface area is 171 Å². The molecule has 1 fully saturated rings. The van der Waals surface area contributed by atoms with E-state index in [1.54, 1.807) is 11.9 Å². The first-order chi connectivity index (χ1) is 12.2. The first-order valence-electron chi connectivity index (χ1n) is 9.40. The van der Waals surface area contributed by atoms with Crippen molar-refractivity contribution in [2.45, 2.75) is 51.9 Å². The Morgan fingerprint density at radius 1 is 1.35 bits per heavy atom. The molecule has 1 saturated heterocycles. The molecule has 150 valence electrons. The van der Waals surface area contributed by atoms with Crippen molar-refractivity contribution in [3.63, 3.8) is 0 Å². The minimum absolute atomic E-state index is 0.141. The number of hydrogen-bond donors (Lipinski definition) is 0. The van der Waals surface area contributed by atoms with Gasteiger partial charge in [0.05, 0.1) is 0 Å². The molecule has 8 heteroatoms.